The highest BCUT2D eigenvalue weighted by molar-refractivity contribution is 7.09. The molecule has 1 heterocycles. The van der Waals surface area contributed by atoms with Gasteiger partial charge in [0.25, 0.3) is 5.91 Å². The van der Waals surface area contributed by atoms with E-state index in [1.165, 1.54) is 23.5 Å². The highest BCUT2D eigenvalue weighted by Gasteiger charge is 2.19. The zero-order chi connectivity index (χ0) is 27.5. The zero-order valence-corrected chi connectivity index (χ0v) is 23.5. The molecule has 0 unspecified atom stereocenters. The van der Waals surface area contributed by atoms with E-state index in [1.807, 2.05) is 64.9 Å². The summed E-state index contributed by atoms with van der Waals surface area (Å²) in [6.45, 7) is 8.06. The average Bonchev–Trinajstić information content (AvgIpc) is 3.42. The van der Waals surface area contributed by atoms with E-state index in [0.29, 0.717) is 31.9 Å². The third kappa shape index (κ3) is 8.73. The molecule has 0 fully saturated rings. The first-order valence-electron chi connectivity index (χ1n) is 13.5. The predicted molar refractivity (Wildman–Crippen MR) is 155 cm³/mol. The fourth-order valence-electron chi connectivity index (χ4n) is 4.40. The van der Waals surface area contributed by atoms with Crippen LogP contribution in [0.15, 0.2) is 84.2 Å². The van der Waals surface area contributed by atoms with Gasteiger partial charge in [-0.3, -0.25) is 9.69 Å². The fourth-order valence-corrected chi connectivity index (χ4v) is 5.21. The number of hydrogen-bond acceptors (Lipinski definition) is 5. The monoisotopic (exact) mass is 545 g/mol. The molecule has 4 rings (SSSR count). The Morgan fingerprint density at radius 3 is 2.05 bits per heavy atom. The first-order valence-corrected chi connectivity index (χ1v) is 14.4. The summed E-state index contributed by atoms with van der Waals surface area (Å²) in [4.78, 5) is 21.9. The highest BCUT2D eigenvalue weighted by atomic mass is 32.1. The first kappa shape index (κ1) is 28.5. The minimum Gasteiger partial charge on any atom is -0.489 e. The minimum atomic E-state index is -0.247. The van der Waals surface area contributed by atoms with Gasteiger partial charge in [-0.1, -0.05) is 68.4 Å². The van der Waals surface area contributed by atoms with Gasteiger partial charge in [0.1, 0.15) is 28.9 Å². The third-order valence-corrected chi connectivity index (χ3v) is 7.13. The summed E-state index contributed by atoms with van der Waals surface area (Å²) in [6.07, 6.45) is 1.84. The second-order valence-electron chi connectivity index (χ2n) is 9.61. The van der Waals surface area contributed by atoms with E-state index >= 15 is 0 Å². The summed E-state index contributed by atoms with van der Waals surface area (Å²) in [5.74, 6) is 0.569. The van der Waals surface area contributed by atoms with Crippen molar-refractivity contribution in [2.75, 3.05) is 13.1 Å². The van der Waals surface area contributed by atoms with E-state index in [1.54, 1.807) is 0 Å². The number of rotatable bonds is 14. The molecule has 0 aliphatic heterocycles. The number of aromatic nitrogens is 1. The number of carbonyl (C=O) groups excluding carboxylic acids is 1. The molecule has 39 heavy (non-hydrogen) atoms. The summed E-state index contributed by atoms with van der Waals surface area (Å²) in [7, 11) is 0. The van der Waals surface area contributed by atoms with Crippen LogP contribution >= 0.6 is 11.3 Å². The molecule has 0 saturated heterocycles. The summed E-state index contributed by atoms with van der Waals surface area (Å²) in [5, 5.41) is 2.75. The van der Waals surface area contributed by atoms with Gasteiger partial charge < -0.3 is 9.64 Å². The Hall–Kier alpha value is -3.55. The molecule has 0 radical (unpaired) electrons. The summed E-state index contributed by atoms with van der Waals surface area (Å²) in [6, 6.07) is 24.8. The lowest BCUT2D eigenvalue weighted by Gasteiger charge is -2.22. The Labute approximate surface area is 234 Å². The Kier molecular flexibility index (Phi) is 10.6. The second-order valence-corrected chi connectivity index (χ2v) is 10.6. The normalized spacial score (nSPS) is 11.1. The topological polar surface area (TPSA) is 45.7 Å². The van der Waals surface area contributed by atoms with Gasteiger partial charge in [-0.15, -0.1) is 11.3 Å². The molecule has 0 saturated carbocycles. The molecule has 0 aliphatic rings. The van der Waals surface area contributed by atoms with E-state index < -0.39 is 0 Å². The van der Waals surface area contributed by atoms with Crippen molar-refractivity contribution >= 4 is 17.2 Å². The standard InChI is InChI=1S/C32H36FN3O2S/c1-3-18-36(19-4-2)32(37)30-24-39-31(34-30)22-35(20-25-10-14-28(33)15-11-25)21-26-12-16-29(17-13-26)38-23-27-8-6-5-7-9-27/h5-17,24H,3-4,18-23H2,1-2H3. The van der Waals surface area contributed by atoms with Gasteiger partial charge in [-0.25, -0.2) is 9.37 Å². The number of nitrogens with zero attached hydrogens (tertiary/aromatic N) is 3. The van der Waals surface area contributed by atoms with Crippen molar-refractivity contribution in [2.24, 2.45) is 0 Å². The van der Waals surface area contributed by atoms with Crippen LogP contribution in [0.3, 0.4) is 0 Å². The molecule has 3 aromatic carbocycles. The number of hydrogen-bond donors (Lipinski definition) is 0. The molecular weight excluding hydrogens is 509 g/mol. The molecule has 204 valence electrons. The van der Waals surface area contributed by atoms with Crippen molar-refractivity contribution in [3.63, 3.8) is 0 Å². The van der Waals surface area contributed by atoms with Crippen LogP contribution in [0.25, 0.3) is 0 Å². The van der Waals surface area contributed by atoms with Crippen molar-refractivity contribution in [3.8, 4) is 5.75 Å². The van der Waals surface area contributed by atoms with E-state index in [-0.39, 0.29) is 11.7 Å². The zero-order valence-electron chi connectivity index (χ0n) is 22.7. The number of halogens is 1. The van der Waals surface area contributed by atoms with Gasteiger partial charge in [0.15, 0.2) is 0 Å². The summed E-state index contributed by atoms with van der Waals surface area (Å²) >= 11 is 1.51. The summed E-state index contributed by atoms with van der Waals surface area (Å²) < 4.78 is 19.5. The Morgan fingerprint density at radius 1 is 0.821 bits per heavy atom. The van der Waals surface area contributed by atoms with Gasteiger partial charge in [0.2, 0.25) is 0 Å². The molecule has 0 aliphatic carbocycles. The summed E-state index contributed by atoms with van der Waals surface area (Å²) in [5.41, 5.74) is 3.79. The van der Waals surface area contributed by atoms with Crippen molar-refractivity contribution in [3.05, 3.63) is 117 Å². The van der Waals surface area contributed by atoms with Crippen molar-refractivity contribution < 1.29 is 13.9 Å². The van der Waals surface area contributed by atoms with Crippen LogP contribution in [0, 0.1) is 5.82 Å². The lowest BCUT2D eigenvalue weighted by molar-refractivity contribution is 0.0750. The molecule has 0 bridgehead atoms. The van der Waals surface area contributed by atoms with Gasteiger partial charge >= 0.3 is 0 Å². The molecule has 0 spiro atoms. The lowest BCUT2D eigenvalue weighted by atomic mass is 10.1. The smallest absolute Gasteiger partial charge is 0.273 e. The maximum absolute atomic E-state index is 13.5. The number of amides is 1. The first-order chi connectivity index (χ1) is 19.0. The van der Waals surface area contributed by atoms with Crippen LogP contribution < -0.4 is 4.74 Å². The average molecular weight is 546 g/mol. The highest BCUT2D eigenvalue weighted by Crippen LogP contribution is 2.21. The molecule has 4 aromatic rings. The van der Waals surface area contributed by atoms with Crippen LogP contribution in [0.2, 0.25) is 0 Å². The lowest BCUT2D eigenvalue weighted by Crippen LogP contribution is -2.32. The second kappa shape index (κ2) is 14.6. The van der Waals surface area contributed by atoms with Crippen molar-refractivity contribution in [2.45, 2.75) is 52.9 Å². The molecule has 0 atom stereocenters. The van der Waals surface area contributed by atoms with Gasteiger partial charge in [-0.05, 0) is 53.8 Å². The Morgan fingerprint density at radius 2 is 1.44 bits per heavy atom. The van der Waals surface area contributed by atoms with Crippen LogP contribution in [0.1, 0.15) is 58.9 Å². The fraction of sp³-hybridized carbons (Fsp3) is 0.312. The van der Waals surface area contributed by atoms with E-state index in [0.717, 1.165) is 53.4 Å². The van der Waals surface area contributed by atoms with Crippen LogP contribution in [0.5, 0.6) is 5.75 Å². The molecular formula is C32H36FN3O2S. The van der Waals surface area contributed by atoms with E-state index in [9.17, 15) is 9.18 Å². The molecule has 1 aromatic heterocycles. The van der Waals surface area contributed by atoms with Crippen LogP contribution in [-0.4, -0.2) is 33.8 Å². The maximum atomic E-state index is 13.5. The van der Waals surface area contributed by atoms with Gasteiger partial charge in [0.05, 0.1) is 6.54 Å². The number of carbonyl (C=O) groups is 1. The maximum Gasteiger partial charge on any atom is 0.273 e. The number of ether oxygens (including phenoxy) is 1. The van der Waals surface area contributed by atoms with E-state index in [4.69, 9.17) is 9.72 Å². The Bertz CT molecular complexity index is 1290. The molecule has 5 nitrogen and oxygen atoms in total. The SMILES string of the molecule is CCCN(CCC)C(=O)c1csc(CN(Cc2ccc(F)cc2)Cc2ccc(OCc3ccccc3)cc2)n1. The predicted octanol–water partition coefficient (Wildman–Crippen LogP) is 7.33. The minimum absolute atomic E-state index is 0.00243. The van der Waals surface area contributed by atoms with Crippen LogP contribution in [-0.2, 0) is 26.2 Å². The molecule has 7 heteroatoms. The number of benzene rings is 3. The van der Waals surface area contributed by atoms with E-state index in [2.05, 4.69) is 30.9 Å². The number of thiazole rings is 1. The van der Waals surface area contributed by atoms with Gasteiger partial charge in [0, 0.05) is 31.6 Å². The molecule has 1 amide bonds. The van der Waals surface area contributed by atoms with Gasteiger partial charge in [-0.2, -0.15) is 0 Å². The Balaban J connectivity index is 1.44. The van der Waals surface area contributed by atoms with Crippen LogP contribution in [0.4, 0.5) is 4.39 Å². The molecule has 0 N–H and O–H groups in total. The largest absolute Gasteiger partial charge is 0.489 e. The quantitative estimate of drug-likeness (QED) is 0.166. The third-order valence-electron chi connectivity index (χ3n) is 6.30. The van der Waals surface area contributed by atoms with Crippen molar-refractivity contribution in [1.82, 2.24) is 14.8 Å². The van der Waals surface area contributed by atoms with Crippen molar-refractivity contribution in [1.29, 1.82) is 0 Å².